The average molecular weight is 198 g/mol. The number of hydrogen-bond donors (Lipinski definition) is 0. The lowest BCUT2D eigenvalue weighted by Gasteiger charge is -2.26. The second kappa shape index (κ2) is 7.31. The normalized spacial score (nSPS) is 16.3. The van der Waals surface area contributed by atoms with Gasteiger partial charge in [0.1, 0.15) is 0 Å². The summed E-state index contributed by atoms with van der Waals surface area (Å²) in [5.74, 6) is 3.59. The van der Waals surface area contributed by atoms with E-state index in [9.17, 15) is 0 Å². The van der Waals surface area contributed by atoms with Crippen molar-refractivity contribution >= 4 is 0 Å². The molecular weight excluding hydrogens is 168 g/mol. The van der Waals surface area contributed by atoms with Crippen LogP contribution in [0.3, 0.4) is 0 Å². The van der Waals surface area contributed by atoms with Crippen molar-refractivity contribution in [1.29, 1.82) is 0 Å². The third-order valence-corrected chi connectivity index (χ3v) is 3.08. The Morgan fingerprint density at radius 1 is 0.786 bits per heavy atom. The highest BCUT2D eigenvalue weighted by molar-refractivity contribution is 4.69. The second-order valence-corrected chi connectivity index (χ2v) is 5.79. The predicted octanol–water partition coefficient (Wildman–Crippen LogP) is 5.13. The van der Waals surface area contributed by atoms with Crippen LogP contribution in [0.25, 0.3) is 0 Å². The Morgan fingerprint density at radius 3 is 1.64 bits per heavy atom. The second-order valence-electron chi connectivity index (χ2n) is 5.79. The van der Waals surface area contributed by atoms with E-state index in [2.05, 4.69) is 41.5 Å². The van der Waals surface area contributed by atoms with Gasteiger partial charge in [-0.1, -0.05) is 54.4 Å². The summed E-state index contributed by atoms with van der Waals surface area (Å²) in [5.41, 5.74) is 0. The molecule has 0 amide bonds. The lowest BCUT2D eigenvalue weighted by molar-refractivity contribution is 0.246. The van der Waals surface area contributed by atoms with Crippen LogP contribution < -0.4 is 0 Å². The van der Waals surface area contributed by atoms with E-state index in [0.29, 0.717) is 0 Å². The first-order valence-electron chi connectivity index (χ1n) is 6.47. The third-order valence-electron chi connectivity index (χ3n) is 3.08. The van der Waals surface area contributed by atoms with E-state index in [4.69, 9.17) is 0 Å². The van der Waals surface area contributed by atoms with Gasteiger partial charge in [0.05, 0.1) is 0 Å². The maximum absolute atomic E-state index is 2.45. The van der Waals surface area contributed by atoms with Crippen molar-refractivity contribution < 1.29 is 0 Å². The summed E-state index contributed by atoms with van der Waals surface area (Å²) in [6, 6.07) is 0. The van der Waals surface area contributed by atoms with Crippen LogP contribution in [0.4, 0.5) is 0 Å². The summed E-state index contributed by atoms with van der Waals surface area (Å²) < 4.78 is 0. The van der Waals surface area contributed by atoms with E-state index >= 15 is 0 Å². The van der Waals surface area contributed by atoms with E-state index in [1.807, 2.05) is 0 Å². The van der Waals surface area contributed by atoms with Crippen LogP contribution in [0.5, 0.6) is 0 Å². The van der Waals surface area contributed by atoms with Crippen molar-refractivity contribution in [3.8, 4) is 0 Å². The van der Waals surface area contributed by atoms with E-state index in [1.54, 1.807) is 0 Å². The van der Waals surface area contributed by atoms with Crippen molar-refractivity contribution in [3.05, 3.63) is 0 Å². The molecule has 0 N–H and O–H groups in total. The molecule has 0 aliphatic rings. The highest BCUT2D eigenvalue weighted by Gasteiger charge is 2.18. The molecule has 2 unspecified atom stereocenters. The van der Waals surface area contributed by atoms with Crippen LogP contribution in [0.1, 0.15) is 67.2 Å². The molecule has 0 aliphatic heterocycles. The molecule has 2 atom stereocenters. The summed E-state index contributed by atoms with van der Waals surface area (Å²) in [6.45, 7) is 14.2. The fraction of sp³-hybridized carbons (Fsp3) is 1.00. The lowest BCUT2D eigenvalue weighted by Crippen LogP contribution is -2.16. The summed E-state index contributed by atoms with van der Waals surface area (Å²) in [5, 5.41) is 0. The van der Waals surface area contributed by atoms with Crippen molar-refractivity contribution in [2.24, 2.45) is 23.7 Å². The van der Waals surface area contributed by atoms with E-state index in [1.165, 1.54) is 25.7 Å². The zero-order chi connectivity index (χ0) is 11.1. The molecule has 0 fully saturated rings. The fourth-order valence-electron chi connectivity index (χ4n) is 2.55. The van der Waals surface area contributed by atoms with Crippen molar-refractivity contribution in [2.75, 3.05) is 0 Å². The highest BCUT2D eigenvalue weighted by Crippen LogP contribution is 2.29. The highest BCUT2D eigenvalue weighted by atomic mass is 14.2. The van der Waals surface area contributed by atoms with Crippen molar-refractivity contribution in [1.82, 2.24) is 0 Å². The summed E-state index contributed by atoms with van der Waals surface area (Å²) in [4.78, 5) is 0. The molecule has 0 rings (SSSR count). The van der Waals surface area contributed by atoms with Gasteiger partial charge in [-0.25, -0.2) is 0 Å². The van der Waals surface area contributed by atoms with Gasteiger partial charge < -0.3 is 0 Å². The predicted molar refractivity (Wildman–Crippen MR) is 66.5 cm³/mol. The molecular formula is C14H30. The molecule has 86 valence electrons. The third kappa shape index (κ3) is 6.45. The monoisotopic (exact) mass is 198 g/mol. The molecule has 0 aromatic rings. The van der Waals surface area contributed by atoms with E-state index in [0.717, 1.165) is 23.7 Å². The zero-order valence-corrected chi connectivity index (χ0v) is 11.1. The Balaban J connectivity index is 4.03. The van der Waals surface area contributed by atoms with Gasteiger partial charge in [0.25, 0.3) is 0 Å². The largest absolute Gasteiger partial charge is 0.0654 e. The van der Waals surface area contributed by atoms with Crippen LogP contribution in [0.15, 0.2) is 0 Å². The van der Waals surface area contributed by atoms with Crippen molar-refractivity contribution in [3.63, 3.8) is 0 Å². The van der Waals surface area contributed by atoms with Gasteiger partial charge in [-0.3, -0.25) is 0 Å². The van der Waals surface area contributed by atoms with Gasteiger partial charge >= 0.3 is 0 Å². The Hall–Kier alpha value is 0. The van der Waals surface area contributed by atoms with Gasteiger partial charge in [-0.15, -0.1) is 0 Å². The average Bonchev–Trinajstić information content (AvgIpc) is 2.01. The quantitative estimate of drug-likeness (QED) is 0.532. The van der Waals surface area contributed by atoms with E-state index in [-0.39, 0.29) is 0 Å². The Bertz CT molecular complexity index is 124. The van der Waals surface area contributed by atoms with Crippen LogP contribution >= 0.6 is 0 Å². The SMILES string of the molecule is CCCC(CC(C)C)C(C)CC(C)C. The standard InChI is InChI=1S/C14H30/c1-7-8-14(10-12(4)5)13(6)9-11(2)3/h11-14H,7-10H2,1-6H3. The molecule has 0 heterocycles. The topological polar surface area (TPSA) is 0 Å². The molecule has 0 nitrogen and oxygen atoms in total. The summed E-state index contributed by atoms with van der Waals surface area (Å²) in [7, 11) is 0. The molecule has 0 bridgehead atoms. The Labute approximate surface area is 91.5 Å². The first-order valence-corrected chi connectivity index (χ1v) is 6.47. The molecule has 0 saturated carbocycles. The van der Waals surface area contributed by atoms with Crippen LogP contribution in [0.2, 0.25) is 0 Å². The minimum atomic E-state index is 0.858. The summed E-state index contributed by atoms with van der Waals surface area (Å²) >= 11 is 0. The van der Waals surface area contributed by atoms with Gasteiger partial charge in [0.2, 0.25) is 0 Å². The first kappa shape index (κ1) is 14.0. The maximum atomic E-state index is 2.45. The van der Waals surface area contributed by atoms with E-state index < -0.39 is 0 Å². The number of hydrogen-bond acceptors (Lipinski definition) is 0. The molecule has 0 aromatic carbocycles. The molecule has 0 saturated heterocycles. The number of rotatable bonds is 7. The van der Waals surface area contributed by atoms with Crippen LogP contribution in [0, 0.1) is 23.7 Å². The first-order chi connectivity index (χ1) is 6.47. The Kier molecular flexibility index (Phi) is 7.31. The molecule has 0 aliphatic carbocycles. The summed E-state index contributed by atoms with van der Waals surface area (Å²) in [6.07, 6.45) is 5.59. The molecule has 14 heavy (non-hydrogen) atoms. The van der Waals surface area contributed by atoms with Gasteiger partial charge in [0.15, 0.2) is 0 Å². The maximum Gasteiger partial charge on any atom is -0.0386 e. The molecule has 0 radical (unpaired) electrons. The van der Waals surface area contributed by atoms with Crippen LogP contribution in [-0.2, 0) is 0 Å². The minimum absolute atomic E-state index is 0.858. The molecule has 0 spiro atoms. The fourth-order valence-corrected chi connectivity index (χ4v) is 2.55. The smallest absolute Gasteiger partial charge is 0.0386 e. The lowest BCUT2D eigenvalue weighted by atomic mass is 9.79. The molecule has 0 heteroatoms. The minimum Gasteiger partial charge on any atom is -0.0654 e. The Morgan fingerprint density at radius 2 is 1.29 bits per heavy atom. The zero-order valence-electron chi connectivity index (χ0n) is 11.1. The van der Waals surface area contributed by atoms with Gasteiger partial charge in [-0.2, -0.15) is 0 Å². The molecule has 0 aromatic heterocycles. The van der Waals surface area contributed by atoms with Crippen LogP contribution in [-0.4, -0.2) is 0 Å². The van der Waals surface area contributed by atoms with Gasteiger partial charge in [-0.05, 0) is 36.5 Å². The van der Waals surface area contributed by atoms with Gasteiger partial charge in [0, 0.05) is 0 Å². The van der Waals surface area contributed by atoms with Crippen molar-refractivity contribution in [2.45, 2.75) is 67.2 Å².